The minimum Gasteiger partial charge on any atom is -0.497 e. The van der Waals surface area contributed by atoms with Crippen LogP contribution in [0.15, 0.2) is 60.7 Å². The number of methoxy groups -OCH3 is 1. The van der Waals surface area contributed by atoms with Gasteiger partial charge in [-0.05, 0) is 54.4 Å². The molecule has 0 saturated carbocycles. The van der Waals surface area contributed by atoms with Crippen molar-refractivity contribution >= 4 is 10.8 Å². The first-order valence-corrected chi connectivity index (χ1v) is 8.79. The minimum atomic E-state index is 0.678. The maximum Gasteiger partial charge on any atom is 0.124 e. The number of hydrogen-bond donors (Lipinski definition) is 1. The zero-order valence-electron chi connectivity index (χ0n) is 14.9. The molecule has 0 aliphatic carbocycles. The first-order valence-electron chi connectivity index (χ1n) is 8.79. The third-order valence-electron chi connectivity index (χ3n) is 4.35. The molecule has 3 rings (SSSR count). The fourth-order valence-electron chi connectivity index (χ4n) is 3.03. The Kier molecular flexibility index (Phi) is 5.91. The van der Waals surface area contributed by atoms with Crippen molar-refractivity contribution in [1.29, 1.82) is 0 Å². The van der Waals surface area contributed by atoms with Gasteiger partial charge < -0.3 is 14.8 Å². The smallest absolute Gasteiger partial charge is 0.124 e. The van der Waals surface area contributed by atoms with Gasteiger partial charge in [-0.15, -0.1) is 0 Å². The van der Waals surface area contributed by atoms with Crippen molar-refractivity contribution in [2.45, 2.75) is 19.9 Å². The summed E-state index contributed by atoms with van der Waals surface area (Å²) < 4.78 is 11.0. The number of hydrogen-bond acceptors (Lipinski definition) is 3. The third kappa shape index (κ3) is 4.31. The predicted octanol–water partition coefficient (Wildman–Crippen LogP) is 4.58. The molecule has 0 aliphatic heterocycles. The Morgan fingerprint density at radius 1 is 0.920 bits per heavy atom. The van der Waals surface area contributed by atoms with Gasteiger partial charge in [-0.1, -0.05) is 42.5 Å². The SMILES string of the molecule is CCOc1ccc2ccccc2c1CNCCc1ccc(OC)cc1. The summed E-state index contributed by atoms with van der Waals surface area (Å²) in [4.78, 5) is 0. The quantitative estimate of drug-likeness (QED) is 0.611. The van der Waals surface area contributed by atoms with Crippen LogP contribution in [-0.4, -0.2) is 20.3 Å². The zero-order valence-corrected chi connectivity index (χ0v) is 14.9. The van der Waals surface area contributed by atoms with Crippen LogP contribution in [-0.2, 0) is 13.0 Å². The van der Waals surface area contributed by atoms with Crippen molar-refractivity contribution in [3.63, 3.8) is 0 Å². The summed E-state index contributed by atoms with van der Waals surface area (Å²) in [6, 6.07) is 20.9. The van der Waals surface area contributed by atoms with Gasteiger partial charge in [0.2, 0.25) is 0 Å². The Labute approximate surface area is 149 Å². The number of fused-ring (bicyclic) bond motifs is 1. The summed E-state index contributed by atoms with van der Waals surface area (Å²) in [6.07, 6.45) is 0.985. The van der Waals surface area contributed by atoms with Gasteiger partial charge in [0, 0.05) is 12.1 Å². The fraction of sp³-hybridized carbons (Fsp3) is 0.273. The highest BCUT2D eigenvalue weighted by Gasteiger charge is 2.08. The number of nitrogens with one attached hydrogen (secondary N) is 1. The molecule has 1 N–H and O–H groups in total. The summed E-state index contributed by atoms with van der Waals surface area (Å²) in [5, 5.41) is 6.06. The van der Waals surface area contributed by atoms with Gasteiger partial charge in [0.1, 0.15) is 11.5 Å². The average Bonchev–Trinajstić information content (AvgIpc) is 2.67. The van der Waals surface area contributed by atoms with Gasteiger partial charge in [-0.2, -0.15) is 0 Å². The fourth-order valence-corrected chi connectivity index (χ4v) is 3.03. The van der Waals surface area contributed by atoms with Gasteiger partial charge >= 0.3 is 0 Å². The molecule has 0 fully saturated rings. The van der Waals surface area contributed by atoms with E-state index in [4.69, 9.17) is 9.47 Å². The zero-order chi connectivity index (χ0) is 17.5. The maximum absolute atomic E-state index is 5.83. The standard InChI is InChI=1S/C22H25NO2/c1-3-25-22-13-10-18-6-4-5-7-20(18)21(22)16-23-15-14-17-8-11-19(24-2)12-9-17/h4-13,23H,3,14-16H2,1-2H3. The van der Waals surface area contributed by atoms with Crippen molar-refractivity contribution in [1.82, 2.24) is 5.32 Å². The Morgan fingerprint density at radius 3 is 2.48 bits per heavy atom. The topological polar surface area (TPSA) is 30.5 Å². The molecule has 3 aromatic rings. The number of benzene rings is 3. The molecule has 0 amide bonds. The van der Waals surface area contributed by atoms with Crippen LogP contribution in [0.3, 0.4) is 0 Å². The Morgan fingerprint density at radius 2 is 1.72 bits per heavy atom. The Bertz CT molecular complexity index is 812. The molecule has 0 saturated heterocycles. The molecule has 0 aromatic heterocycles. The minimum absolute atomic E-state index is 0.678. The van der Waals surface area contributed by atoms with E-state index < -0.39 is 0 Å². The van der Waals surface area contributed by atoms with Crippen molar-refractivity contribution in [2.75, 3.05) is 20.3 Å². The molecule has 0 heterocycles. The molecular weight excluding hydrogens is 310 g/mol. The van der Waals surface area contributed by atoms with Crippen LogP contribution in [0.5, 0.6) is 11.5 Å². The highest BCUT2D eigenvalue weighted by Crippen LogP contribution is 2.28. The monoisotopic (exact) mass is 335 g/mol. The van der Waals surface area contributed by atoms with Crippen LogP contribution in [0.2, 0.25) is 0 Å². The summed E-state index contributed by atoms with van der Waals surface area (Å²) >= 11 is 0. The van der Waals surface area contributed by atoms with E-state index in [1.807, 2.05) is 19.1 Å². The first-order chi connectivity index (χ1) is 12.3. The van der Waals surface area contributed by atoms with Gasteiger partial charge in [-0.3, -0.25) is 0 Å². The van der Waals surface area contributed by atoms with E-state index in [2.05, 4.69) is 53.8 Å². The van der Waals surface area contributed by atoms with Gasteiger partial charge in [0.05, 0.1) is 13.7 Å². The van der Waals surface area contributed by atoms with Crippen LogP contribution in [0, 0.1) is 0 Å². The summed E-state index contributed by atoms with van der Waals surface area (Å²) in [6.45, 7) is 4.42. The van der Waals surface area contributed by atoms with Crippen molar-refractivity contribution in [2.24, 2.45) is 0 Å². The average molecular weight is 335 g/mol. The molecule has 3 nitrogen and oxygen atoms in total. The molecule has 0 aliphatic rings. The van der Waals surface area contributed by atoms with E-state index in [-0.39, 0.29) is 0 Å². The Hall–Kier alpha value is -2.52. The van der Waals surface area contributed by atoms with Gasteiger partial charge in [0.25, 0.3) is 0 Å². The second kappa shape index (κ2) is 8.54. The summed E-state index contributed by atoms with van der Waals surface area (Å²) in [5.41, 5.74) is 2.53. The maximum atomic E-state index is 5.83. The third-order valence-corrected chi connectivity index (χ3v) is 4.35. The van der Waals surface area contributed by atoms with Crippen LogP contribution in [0.25, 0.3) is 10.8 Å². The molecule has 25 heavy (non-hydrogen) atoms. The van der Waals surface area contributed by atoms with Gasteiger partial charge in [0.15, 0.2) is 0 Å². The first kappa shape index (κ1) is 17.3. The molecule has 0 unspecified atom stereocenters. The van der Waals surface area contributed by atoms with Crippen LogP contribution in [0.4, 0.5) is 0 Å². The molecular formula is C22H25NO2. The van der Waals surface area contributed by atoms with Crippen molar-refractivity contribution in [3.05, 3.63) is 71.8 Å². The highest BCUT2D eigenvalue weighted by molar-refractivity contribution is 5.87. The van der Waals surface area contributed by atoms with Crippen LogP contribution < -0.4 is 14.8 Å². The van der Waals surface area contributed by atoms with Crippen molar-refractivity contribution < 1.29 is 9.47 Å². The number of rotatable bonds is 8. The van der Waals surface area contributed by atoms with E-state index >= 15 is 0 Å². The van der Waals surface area contributed by atoms with E-state index in [1.165, 1.54) is 21.9 Å². The normalized spacial score (nSPS) is 10.8. The predicted molar refractivity (Wildman–Crippen MR) is 104 cm³/mol. The van der Waals surface area contributed by atoms with E-state index in [0.717, 1.165) is 31.0 Å². The lowest BCUT2D eigenvalue weighted by molar-refractivity contribution is 0.336. The van der Waals surface area contributed by atoms with E-state index in [1.54, 1.807) is 7.11 Å². The molecule has 0 radical (unpaired) electrons. The van der Waals surface area contributed by atoms with Crippen molar-refractivity contribution in [3.8, 4) is 11.5 Å². The lowest BCUT2D eigenvalue weighted by Gasteiger charge is -2.14. The number of ether oxygens (including phenoxy) is 2. The molecule has 3 aromatic carbocycles. The second-order valence-corrected chi connectivity index (χ2v) is 5.97. The molecule has 0 spiro atoms. The van der Waals surface area contributed by atoms with Crippen LogP contribution >= 0.6 is 0 Å². The molecule has 3 heteroatoms. The molecule has 0 atom stereocenters. The summed E-state index contributed by atoms with van der Waals surface area (Å²) in [5.74, 6) is 1.87. The highest BCUT2D eigenvalue weighted by atomic mass is 16.5. The van der Waals surface area contributed by atoms with E-state index in [9.17, 15) is 0 Å². The lowest BCUT2D eigenvalue weighted by Crippen LogP contribution is -2.17. The molecule has 130 valence electrons. The largest absolute Gasteiger partial charge is 0.497 e. The summed E-state index contributed by atoms with van der Waals surface area (Å²) in [7, 11) is 1.69. The lowest BCUT2D eigenvalue weighted by atomic mass is 10.0. The Balaban J connectivity index is 1.66. The van der Waals surface area contributed by atoms with Crippen LogP contribution in [0.1, 0.15) is 18.1 Å². The second-order valence-electron chi connectivity index (χ2n) is 5.97. The van der Waals surface area contributed by atoms with E-state index in [0.29, 0.717) is 6.61 Å². The van der Waals surface area contributed by atoms with Gasteiger partial charge in [-0.25, -0.2) is 0 Å². The molecule has 0 bridgehead atoms.